The third-order valence-electron chi connectivity index (χ3n) is 3.01. The second kappa shape index (κ2) is 9.21. The third-order valence-corrected chi connectivity index (χ3v) is 4.13. The molecule has 24 heavy (non-hydrogen) atoms. The molecular weight excluding hydrogens is 368 g/mol. The number of nitrogen functional groups attached to an aromatic ring is 1. The van der Waals surface area contributed by atoms with Crippen molar-refractivity contribution < 1.29 is 38.2 Å². The summed E-state index contributed by atoms with van der Waals surface area (Å²) in [6.07, 6.45) is -0.265. The summed E-state index contributed by atoms with van der Waals surface area (Å²) in [6, 6.07) is 0. The molecule has 0 aliphatic carbocycles. The second-order valence-corrected chi connectivity index (χ2v) is 6.28. The van der Waals surface area contributed by atoms with Crippen LogP contribution < -0.4 is 11.4 Å². The highest BCUT2D eigenvalue weighted by molar-refractivity contribution is 7.46. The van der Waals surface area contributed by atoms with Crippen molar-refractivity contribution in [2.45, 2.75) is 31.8 Å². The molecule has 1 aliphatic rings. The molecule has 0 amide bonds. The number of hydrogen-bond acceptors (Lipinski definition) is 9. The third kappa shape index (κ3) is 5.93. The van der Waals surface area contributed by atoms with Crippen molar-refractivity contribution in [3.63, 3.8) is 0 Å². The summed E-state index contributed by atoms with van der Waals surface area (Å²) in [4.78, 5) is 30.6. The van der Waals surface area contributed by atoms with Gasteiger partial charge < -0.3 is 20.7 Å². The Morgan fingerprint density at radius 2 is 2.04 bits per heavy atom. The van der Waals surface area contributed by atoms with Crippen LogP contribution in [0.15, 0.2) is 11.0 Å². The highest BCUT2D eigenvalue weighted by Gasteiger charge is 2.35. The molecule has 0 saturated carbocycles. The number of ether oxygens (including phenoxy) is 1. The second-order valence-electron chi connectivity index (χ2n) is 4.67. The molecule has 14 heteroatoms. The molecule has 2 unspecified atom stereocenters. The van der Waals surface area contributed by atoms with Gasteiger partial charge in [-0.15, -0.1) is 9.79 Å². The predicted molar refractivity (Wildman–Crippen MR) is 80.0 cm³/mol. The lowest BCUT2D eigenvalue weighted by Gasteiger charge is -2.15. The largest absolute Gasteiger partial charge is 0.745 e. The van der Waals surface area contributed by atoms with Crippen LogP contribution in [0.1, 0.15) is 18.2 Å². The molecule has 5 atom stereocenters. The van der Waals surface area contributed by atoms with Crippen molar-refractivity contribution in [2.24, 2.45) is 0 Å². The fraction of sp³-hybridized carbons (Fsp3) is 0.600. The van der Waals surface area contributed by atoms with Gasteiger partial charge in [-0.1, -0.05) is 0 Å². The number of nitrogens with zero attached hydrogens (tertiary/aromatic N) is 2. The van der Waals surface area contributed by atoms with Gasteiger partial charge in [-0.3, -0.25) is 4.57 Å². The number of aliphatic hydroxyl groups is 2. The Kier molecular flexibility index (Phi) is 7.94. The molecule has 1 fully saturated rings. The van der Waals surface area contributed by atoms with Gasteiger partial charge >= 0.3 is 22.2 Å². The number of aryl methyl sites for hydroxylation is 1. The minimum Gasteiger partial charge on any atom is -0.394 e. The minimum absolute atomic E-state index is 0.184. The molecule has 0 radical (unpaired) electrons. The molecule has 2 rings (SSSR count). The number of aromatic nitrogens is 2. The normalized spacial score (nSPS) is 24.1. The van der Waals surface area contributed by atoms with E-state index in [-0.39, 0.29) is 18.8 Å². The smallest absolute Gasteiger partial charge is 0.394 e. The van der Waals surface area contributed by atoms with Crippen molar-refractivity contribution in [3.8, 4) is 0 Å². The van der Waals surface area contributed by atoms with E-state index in [9.17, 15) is 19.0 Å². The molecule has 2 heterocycles. The first-order valence-electron chi connectivity index (χ1n) is 6.45. The fourth-order valence-corrected chi connectivity index (χ4v) is 2.37. The Bertz CT molecular complexity index is 655. The van der Waals surface area contributed by atoms with Gasteiger partial charge in [0.05, 0.1) is 12.7 Å². The van der Waals surface area contributed by atoms with E-state index in [1.807, 2.05) is 0 Å². The van der Waals surface area contributed by atoms with E-state index >= 15 is 0 Å². The minimum atomic E-state index is -2.92. The van der Waals surface area contributed by atoms with E-state index < -0.39 is 40.6 Å². The summed E-state index contributed by atoms with van der Waals surface area (Å²) < 4.78 is 28.8. The number of anilines is 1. The maximum absolute atomic E-state index is 11.6. The van der Waals surface area contributed by atoms with Crippen LogP contribution in [0.5, 0.6) is 0 Å². The Balaban J connectivity index is 0.000000351. The lowest BCUT2D eigenvalue weighted by atomic mass is 10.2. The molecular formula is C10H17N3O9P2+2. The molecule has 1 aromatic rings. The Labute approximate surface area is 137 Å². The lowest BCUT2D eigenvalue weighted by Crippen LogP contribution is -2.28. The Morgan fingerprint density at radius 1 is 1.46 bits per heavy atom. The summed E-state index contributed by atoms with van der Waals surface area (Å²) in [5, 5.41) is 18.6. The van der Waals surface area contributed by atoms with Gasteiger partial charge in [0, 0.05) is 27.3 Å². The van der Waals surface area contributed by atoms with Crippen LogP contribution in [0.3, 0.4) is 0 Å². The van der Waals surface area contributed by atoms with E-state index in [0.29, 0.717) is 5.56 Å². The summed E-state index contributed by atoms with van der Waals surface area (Å²) in [5.74, 6) is 0.184. The molecule has 0 spiro atoms. The molecule has 1 aliphatic heterocycles. The summed E-state index contributed by atoms with van der Waals surface area (Å²) in [5.41, 5.74) is 5.65. The number of rotatable bonds is 4. The van der Waals surface area contributed by atoms with Crippen molar-refractivity contribution >= 4 is 22.3 Å². The topological polar surface area (TPSA) is 194 Å². The van der Waals surface area contributed by atoms with E-state index in [1.54, 1.807) is 13.1 Å². The van der Waals surface area contributed by atoms with Crippen molar-refractivity contribution in [1.82, 2.24) is 9.55 Å². The zero-order valence-corrected chi connectivity index (χ0v) is 14.2. The van der Waals surface area contributed by atoms with Gasteiger partial charge in [-0.2, -0.15) is 4.98 Å². The predicted octanol–water partition coefficient (Wildman–Crippen LogP) is -0.923. The average molecular weight is 385 g/mol. The van der Waals surface area contributed by atoms with Crippen LogP contribution in [0, 0.1) is 6.92 Å². The zero-order chi connectivity index (χ0) is 18.4. The van der Waals surface area contributed by atoms with Gasteiger partial charge in [0.1, 0.15) is 18.1 Å². The molecule has 6 N–H and O–H groups in total. The number of aliphatic hydroxyl groups excluding tert-OH is 2. The number of nitrogens with two attached hydrogens (primary N) is 1. The van der Waals surface area contributed by atoms with Crippen LogP contribution in [0.25, 0.3) is 0 Å². The molecule has 1 saturated heterocycles. The van der Waals surface area contributed by atoms with Gasteiger partial charge in [0.2, 0.25) is 0 Å². The highest BCUT2D eigenvalue weighted by atomic mass is 31.2. The van der Waals surface area contributed by atoms with Gasteiger partial charge in [0.25, 0.3) is 0 Å². The zero-order valence-electron chi connectivity index (χ0n) is 12.4. The monoisotopic (exact) mass is 385 g/mol. The highest BCUT2D eigenvalue weighted by Crippen LogP contribution is 2.30. The van der Waals surface area contributed by atoms with E-state index in [2.05, 4.69) is 9.29 Å². The van der Waals surface area contributed by atoms with Crippen LogP contribution in [-0.4, -0.2) is 48.4 Å². The van der Waals surface area contributed by atoms with Gasteiger partial charge in [0.15, 0.2) is 4.31 Å². The Hall–Kier alpha value is -1.36. The van der Waals surface area contributed by atoms with Gasteiger partial charge in [-0.25, -0.2) is 4.79 Å². The lowest BCUT2D eigenvalue weighted by molar-refractivity contribution is -0.0459. The number of hydrogen-bond donors (Lipinski definition) is 5. The summed E-state index contributed by atoms with van der Waals surface area (Å²) in [6.45, 7) is 1.45. The first-order chi connectivity index (χ1) is 11.1. The van der Waals surface area contributed by atoms with Crippen molar-refractivity contribution in [3.05, 3.63) is 22.2 Å². The van der Waals surface area contributed by atoms with Crippen LogP contribution in [-0.2, 0) is 18.2 Å². The van der Waals surface area contributed by atoms with E-state index in [0.717, 1.165) is 0 Å². The molecule has 12 nitrogen and oxygen atoms in total. The van der Waals surface area contributed by atoms with Crippen LogP contribution in [0.2, 0.25) is 0 Å². The van der Waals surface area contributed by atoms with Crippen molar-refractivity contribution in [2.75, 3.05) is 12.3 Å². The SMILES string of the molecule is Cc1cn([C@H]2C[C@H](O)[C@@H](CO)O2)c(=O)nc1N.O=[P+](O)O[P+](=O)O. The Morgan fingerprint density at radius 3 is 2.46 bits per heavy atom. The maximum atomic E-state index is 11.6. The van der Waals surface area contributed by atoms with Crippen molar-refractivity contribution in [1.29, 1.82) is 0 Å². The fourth-order valence-electron chi connectivity index (χ4n) is 1.90. The maximum Gasteiger partial charge on any atom is 0.745 e. The molecule has 0 bridgehead atoms. The van der Waals surface area contributed by atoms with E-state index in [4.69, 9.17) is 25.4 Å². The first-order valence-corrected chi connectivity index (χ1v) is 8.71. The molecule has 1 aromatic heterocycles. The van der Waals surface area contributed by atoms with E-state index in [1.165, 1.54) is 4.57 Å². The van der Waals surface area contributed by atoms with Gasteiger partial charge in [-0.05, 0) is 6.92 Å². The standard InChI is InChI=1S/C10H15N3O4.O5P2/c1-5-3-13(10(16)12-9(5)11)8-2-6(15)7(4-14)17-8;1-6(2)5-7(3)4/h3,6-8,14-15H,2,4H2,1H3,(H2,11,12,16);/p+2/t6-,7+,8+;/m0./s1. The first kappa shape index (κ1) is 20.7. The quantitative estimate of drug-likeness (QED) is 0.402. The molecule has 134 valence electrons. The van der Waals surface area contributed by atoms with Crippen LogP contribution >= 0.6 is 16.5 Å². The van der Waals surface area contributed by atoms with Crippen LogP contribution in [0.4, 0.5) is 5.82 Å². The summed E-state index contributed by atoms with van der Waals surface area (Å²) in [7, 11) is -5.85. The molecule has 0 aromatic carbocycles. The summed E-state index contributed by atoms with van der Waals surface area (Å²) >= 11 is 0. The average Bonchev–Trinajstić information content (AvgIpc) is 2.83.